The molecule has 8 heteroatoms. The Hall–Kier alpha value is -2.64. The summed E-state index contributed by atoms with van der Waals surface area (Å²) in [5.74, 6) is 2.61. The lowest BCUT2D eigenvalue weighted by Gasteiger charge is -2.36. The number of aromatic nitrogens is 4. The van der Waals surface area contributed by atoms with Gasteiger partial charge in [-0.15, -0.1) is 0 Å². The smallest absolute Gasteiger partial charge is 0.247 e. The van der Waals surface area contributed by atoms with Gasteiger partial charge in [0.2, 0.25) is 5.91 Å². The van der Waals surface area contributed by atoms with Crippen molar-refractivity contribution in [2.24, 2.45) is 0 Å². The Morgan fingerprint density at radius 1 is 1.28 bits per heavy atom. The summed E-state index contributed by atoms with van der Waals surface area (Å²) in [4.78, 5) is 25.7. The molecule has 3 rings (SSSR count). The zero-order chi connectivity index (χ0) is 17.8. The number of anilines is 2. The maximum atomic E-state index is 12.6. The van der Waals surface area contributed by atoms with Crippen LogP contribution in [0.4, 0.5) is 11.6 Å². The van der Waals surface area contributed by atoms with Crippen molar-refractivity contribution in [1.82, 2.24) is 24.6 Å². The molecule has 1 aliphatic heterocycles. The van der Waals surface area contributed by atoms with Crippen molar-refractivity contribution in [1.29, 1.82) is 0 Å². The number of hydrogen-bond donors (Lipinski definition) is 1. The molecule has 1 unspecified atom stereocenters. The molecule has 0 bridgehead atoms. The number of carbonyl (C=O) groups is 1. The van der Waals surface area contributed by atoms with Gasteiger partial charge in [-0.2, -0.15) is 5.10 Å². The van der Waals surface area contributed by atoms with Crippen molar-refractivity contribution in [2.75, 3.05) is 42.9 Å². The van der Waals surface area contributed by atoms with Gasteiger partial charge in [0.15, 0.2) is 0 Å². The van der Waals surface area contributed by atoms with Crippen LogP contribution in [0, 0.1) is 6.92 Å². The van der Waals surface area contributed by atoms with E-state index in [4.69, 9.17) is 0 Å². The summed E-state index contributed by atoms with van der Waals surface area (Å²) in [6.45, 7) is 9.55. The molecule has 0 radical (unpaired) electrons. The highest BCUT2D eigenvalue weighted by molar-refractivity contribution is 5.80. The van der Waals surface area contributed by atoms with Gasteiger partial charge in [0, 0.05) is 51.2 Å². The molecule has 0 spiro atoms. The highest BCUT2D eigenvalue weighted by Gasteiger charge is 2.26. The van der Waals surface area contributed by atoms with E-state index >= 15 is 0 Å². The predicted octanol–water partition coefficient (Wildman–Crippen LogP) is 1.32. The first kappa shape index (κ1) is 17.2. The van der Waals surface area contributed by atoms with Gasteiger partial charge in [0.05, 0.1) is 0 Å². The average Bonchev–Trinajstić information content (AvgIpc) is 3.15. The molecule has 1 amide bonds. The highest BCUT2D eigenvalue weighted by Crippen LogP contribution is 2.19. The minimum Gasteiger partial charge on any atom is -0.370 e. The van der Waals surface area contributed by atoms with Crippen LogP contribution in [-0.2, 0) is 4.79 Å². The first-order valence-corrected chi connectivity index (χ1v) is 8.71. The lowest BCUT2D eigenvalue weighted by atomic mass is 10.2. The van der Waals surface area contributed by atoms with Crippen molar-refractivity contribution in [3.63, 3.8) is 0 Å². The van der Waals surface area contributed by atoms with Gasteiger partial charge in [0.1, 0.15) is 23.5 Å². The van der Waals surface area contributed by atoms with Gasteiger partial charge in [-0.3, -0.25) is 9.48 Å². The third kappa shape index (κ3) is 3.89. The zero-order valence-corrected chi connectivity index (χ0v) is 15.0. The van der Waals surface area contributed by atoms with Crippen molar-refractivity contribution in [3.8, 4) is 0 Å². The fourth-order valence-electron chi connectivity index (χ4n) is 3.03. The van der Waals surface area contributed by atoms with Crippen LogP contribution in [-0.4, -0.2) is 63.3 Å². The first-order valence-electron chi connectivity index (χ1n) is 8.71. The number of hydrogen-bond acceptors (Lipinski definition) is 6. The molecule has 1 fully saturated rings. The van der Waals surface area contributed by atoms with Gasteiger partial charge in [-0.05, 0) is 26.8 Å². The number of carbonyl (C=O) groups excluding carboxylic acids is 1. The second kappa shape index (κ2) is 7.50. The maximum Gasteiger partial charge on any atom is 0.247 e. The van der Waals surface area contributed by atoms with E-state index in [2.05, 4.69) is 25.3 Å². The first-order chi connectivity index (χ1) is 12.1. The number of aryl methyl sites for hydroxylation is 1. The maximum absolute atomic E-state index is 12.6. The summed E-state index contributed by atoms with van der Waals surface area (Å²) < 4.78 is 1.70. The summed E-state index contributed by atoms with van der Waals surface area (Å²) in [5.41, 5.74) is 0. The number of nitrogens with zero attached hydrogens (tertiary/aromatic N) is 6. The highest BCUT2D eigenvalue weighted by atomic mass is 16.2. The van der Waals surface area contributed by atoms with Gasteiger partial charge in [-0.1, -0.05) is 0 Å². The average molecular weight is 343 g/mol. The summed E-state index contributed by atoms with van der Waals surface area (Å²) in [5, 5.41) is 7.40. The van der Waals surface area contributed by atoms with Crippen molar-refractivity contribution < 1.29 is 4.79 Å². The fraction of sp³-hybridized carbons (Fsp3) is 0.529. The van der Waals surface area contributed by atoms with Crippen LogP contribution in [0.2, 0.25) is 0 Å². The fourth-order valence-corrected chi connectivity index (χ4v) is 3.03. The Labute approximate surface area is 147 Å². The number of amides is 1. The van der Waals surface area contributed by atoms with Crippen LogP contribution in [0.3, 0.4) is 0 Å². The topological polar surface area (TPSA) is 79.2 Å². The SMILES string of the molecule is CCNc1cc(N2CCN(C(=O)C(C)n3cccn3)CC2)nc(C)n1. The minimum atomic E-state index is -0.275. The van der Waals surface area contributed by atoms with Gasteiger partial charge in [0.25, 0.3) is 0 Å². The van der Waals surface area contributed by atoms with E-state index in [1.807, 2.05) is 44.0 Å². The molecule has 134 valence electrons. The van der Waals surface area contributed by atoms with Crippen molar-refractivity contribution >= 4 is 17.5 Å². The lowest BCUT2D eigenvalue weighted by molar-refractivity contribution is -0.134. The Morgan fingerprint density at radius 2 is 2.04 bits per heavy atom. The third-order valence-corrected chi connectivity index (χ3v) is 4.38. The number of nitrogens with one attached hydrogen (secondary N) is 1. The Morgan fingerprint density at radius 3 is 2.68 bits per heavy atom. The number of rotatable bonds is 5. The minimum absolute atomic E-state index is 0.107. The summed E-state index contributed by atoms with van der Waals surface area (Å²) >= 11 is 0. The zero-order valence-electron chi connectivity index (χ0n) is 15.0. The Bertz CT molecular complexity index is 708. The van der Waals surface area contributed by atoms with E-state index < -0.39 is 0 Å². The molecule has 1 N–H and O–H groups in total. The summed E-state index contributed by atoms with van der Waals surface area (Å²) in [6.07, 6.45) is 3.52. The van der Waals surface area contributed by atoms with E-state index in [0.717, 1.165) is 37.1 Å². The van der Waals surface area contributed by atoms with Crippen LogP contribution >= 0.6 is 0 Å². The molecule has 1 aliphatic rings. The van der Waals surface area contributed by atoms with Crippen molar-refractivity contribution in [3.05, 3.63) is 30.4 Å². The van der Waals surface area contributed by atoms with E-state index in [9.17, 15) is 4.79 Å². The van der Waals surface area contributed by atoms with Gasteiger partial charge < -0.3 is 15.1 Å². The van der Waals surface area contributed by atoms with Crippen LogP contribution in [0.15, 0.2) is 24.5 Å². The lowest BCUT2D eigenvalue weighted by Crippen LogP contribution is -2.50. The van der Waals surface area contributed by atoms with E-state index in [1.54, 1.807) is 10.9 Å². The molecule has 0 aliphatic carbocycles. The summed E-state index contributed by atoms with van der Waals surface area (Å²) in [6, 6.07) is 3.53. The quantitative estimate of drug-likeness (QED) is 0.882. The largest absolute Gasteiger partial charge is 0.370 e. The molecule has 1 atom stereocenters. The monoisotopic (exact) mass is 343 g/mol. The molecular weight excluding hydrogens is 318 g/mol. The van der Waals surface area contributed by atoms with Crippen LogP contribution in [0.25, 0.3) is 0 Å². The third-order valence-electron chi connectivity index (χ3n) is 4.38. The molecule has 25 heavy (non-hydrogen) atoms. The van der Waals surface area contributed by atoms with Gasteiger partial charge >= 0.3 is 0 Å². The molecule has 0 aromatic carbocycles. The second-order valence-electron chi connectivity index (χ2n) is 6.16. The van der Waals surface area contributed by atoms with Crippen LogP contribution in [0.5, 0.6) is 0 Å². The molecule has 0 saturated carbocycles. The summed E-state index contributed by atoms with van der Waals surface area (Å²) in [7, 11) is 0. The number of piperazine rings is 1. The predicted molar refractivity (Wildman–Crippen MR) is 96.7 cm³/mol. The van der Waals surface area contributed by atoms with Crippen molar-refractivity contribution in [2.45, 2.75) is 26.8 Å². The molecule has 1 saturated heterocycles. The van der Waals surface area contributed by atoms with Crippen LogP contribution in [0.1, 0.15) is 25.7 Å². The van der Waals surface area contributed by atoms with E-state index in [0.29, 0.717) is 13.1 Å². The Balaban J connectivity index is 1.63. The van der Waals surface area contributed by atoms with Gasteiger partial charge in [-0.25, -0.2) is 9.97 Å². The molecule has 2 aromatic heterocycles. The van der Waals surface area contributed by atoms with Crippen LogP contribution < -0.4 is 10.2 Å². The van der Waals surface area contributed by atoms with E-state index in [1.165, 1.54) is 0 Å². The molecule has 8 nitrogen and oxygen atoms in total. The molecule has 2 aromatic rings. The van der Waals surface area contributed by atoms with E-state index in [-0.39, 0.29) is 11.9 Å². The standard InChI is InChI=1S/C17H25N7O/c1-4-18-15-12-16(21-14(3)20-15)22-8-10-23(11-9-22)17(25)13(2)24-7-5-6-19-24/h5-7,12-13H,4,8-11H2,1-3H3,(H,18,20,21). The molecule has 3 heterocycles. The Kier molecular flexibility index (Phi) is 5.16. The molecular formula is C17H25N7O. The normalized spacial score (nSPS) is 16.0. The second-order valence-corrected chi connectivity index (χ2v) is 6.16.